The SMILES string of the molecule is O=c1c2ccccc2nc(/C=C/c2ccco2)n1Cc1ccccn1. The highest BCUT2D eigenvalue weighted by molar-refractivity contribution is 5.79. The van der Waals surface area contributed by atoms with E-state index in [9.17, 15) is 4.79 Å². The van der Waals surface area contributed by atoms with E-state index in [-0.39, 0.29) is 5.56 Å². The molecule has 4 rings (SSSR count). The van der Waals surface area contributed by atoms with E-state index in [0.717, 1.165) is 5.69 Å². The first-order valence-corrected chi connectivity index (χ1v) is 7.92. The van der Waals surface area contributed by atoms with Crippen molar-refractivity contribution < 1.29 is 4.42 Å². The fourth-order valence-corrected chi connectivity index (χ4v) is 2.66. The fourth-order valence-electron chi connectivity index (χ4n) is 2.66. The molecule has 0 amide bonds. The molecule has 5 nitrogen and oxygen atoms in total. The predicted octanol–water partition coefficient (Wildman–Crippen LogP) is 3.60. The molecule has 0 saturated heterocycles. The van der Waals surface area contributed by atoms with Gasteiger partial charge in [-0.2, -0.15) is 0 Å². The van der Waals surface area contributed by atoms with Crippen LogP contribution in [0.5, 0.6) is 0 Å². The maximum atomic E-state index is 13.0. The largest absolute Gasteiger partial charge is 0.465 e. The van der Waals surface area contributed by atoms with Gasteiger partial charge in [0.05, 0.1) is 29.4 Å². The first kappa shape index (κ1) is 15.1. The topological polar surface area (TPSA) is 60.9 Å². The van der Waals surface area contributed by atoms with Crippen LogP contribution in [0.15, 0.2) is 76.3 Å². The van der Waals surface area contributed by atoms with Crippen LogP contribution in [0.4, 0.5) is 0 Å². The molecule has 25 heavy (non-hydrogen) atoms. The second-order valence-electron chi connectivity index (χ2n) is 5.55. The summed E-state index contributed by atoms with van der Waals surface area (Å²) in [6.45, 7) is 0.356. The zero-order valence-corrected chi connectivity index (χ0v) is 13.4. The number of nitrogens with zero attached hydrogens (tertiary/aromatic N) is 3. The summed E-state index contributed by atoms with van der Waals surface area (Å²) in [7, 11) is 0. The standard InChI is InChI=1S/C20H15N3O2/c24-20-17-8-1-2-9-18(17)22-19(11-10-16-7-5-13-25-16)23(20)14-15-6-3-4-12-21-15/h1-13H,14H2/b11-10+. The first-order valence-electron chi connectivity index (χ1n) is 7.92. The summed E-state index contributed by atoms with van der Waals surface area (Å²) in [6.07, 6.45) is 6.91. The molecule has 4 aromatic rings. The van der Waals surface area contributed by atoms with Crippen molar-refractivity contribution in [2.75, 3.05) is 0 Å². The van der Waals surface area contributed by atoms with E-state index in [4.69, 9.17) is 4.42 Å². The zero-order chi connectivity index (χ0) is 17.1. The molecule has 3 aromatic heterocycles. The monoisotopic (exact) mass is 329 g/mol. The van der Waals surface area contributed by atoms with E-state index < -0.39 is 0 Å². The van der Waals surface area contributed by atoms with E-state index in [1.807, 2.05) is 48.5 Å². The second kappa shape index (κ2) is 6.57. The van der Waals surface area contributed by atoms with Crippen LogP contribution in [0.1, 0.15) is 17.3 Å². The van der Waals surface area contributed by atoms with Crippen LogP contribution in [-0.4, -0.2) is 14.5 Å². The van der Waals surface area contributed by atoms with Crippen molar-refractivity contribution in [2.45, 2.75) is 6.54 Å². The highest BCUT2D eigenvalue weighted by Gasteiger charge is 2.10. The molecule has 0 spiro atoms. The van der Waals surface area contributed by atoms with Crippen molar-refractivity contribution in [1.29, 1.82) is 0 Å². The normalized spacial score (nSPS) is 11.4. The van der Waals surface area contributed by atoms with Gasteiger partial charge in [0, 0.05) is 6.20 Å². The lowest BCUT2D eigenvalue weighted by Crippen LogP contribution is -2.24. The maximum Gasteiger partial charge on any atom is 0.261 e. The predicted molar refractivity (Wildman–Crippen MR) is 97.0 cm³/mol. The Balaban J connectivity index is 1.86. The zero-order valence-electron chi connectivity index (χ0n) is 13.4. The average molecular weight is 329 g/mol. The Morgan fingerprint density at radius 2 is 1.88 bits per heavy atom. The van der Waals surface area contributed by atoms with E-state index in [1.165, 1.54) is 0 Å². The van der Waals surface area contributed by atoms with Gasteiger partial charge < -0.3 is 4.42 Å². The minimum atomic E-state index is -0.0876. The molecule has 122 valence electrons. The number of pyridine rings is 1. The van der Waals surface area contributed by atoms with Gasteiger partial charge >= 0.3 is 0 Å². The van der Waals surface area contributed by atoms with Crippen molar-refractivity contribution in [2.24, 2.45) is 0 Å². The molecule has 0 radical (unpaired) electrons. The number of hydrogen-bond acceptors (Lipinski definition) is 4. The third-order valence-electron chi connectivity index (χ3n) is 3.88. The van der Waals surface area contributed by atoms with Gasteiger partial charge in [0.2, 0.25) is 0 Å². The third-order valence-corrected chi connectivity index (χ3v) is 3.88. The Hall–Kier alpha value is -3.47. The van der Waals surface area contributed by atoms with Gasteiger partial charge in [-0.25, -0.2) is 4.98 Å². The Labute approximate surface area is 143 Å². The fraction of sp³-hybridized carbons (Fsp3) is 0.0500. The lowest BCUT2D eigenvalue weighted by Gasteiger charge is -2.10. The van der Waals surface area contributed by atoms with E-state index in [2.05, 4.69) is 9.97 Å². The molecule has 0 fully saturated rings. The van der Waals surface area contributed by atoms with Gasteiger partial charge in [-0.1, -0.05) is 18.2 Å². The lowest BCUT2D eigenvalue weighted by molar-refractivity contribution is 0.557. The summed E-state index contributed by atoms with van der Waals surface area (Å²) in [4.78, 5) is 21.9. The number of para-hydroxylation sites is 1. The Morgan fingerprint density at radius 1 is 1.00 bits per heavy atom. The van der Waals surface area contributed by atoms with Gasteiger partial charge in [-0.15, -0.1) is 0 Å². The molecule has 0 aliphatic carbocycles. The van der Waals surface area contributed by atoms with Crippen molar-refractivity contribution in [3.63, 3.8) is 0 Å². The quantitative estimate of drug-likeness (QED) is 0.574. The maximum absolute atomic E-state index is 13.0. The molecule has 0 saturated carbocycles. The van der Waals surface area contributed by atoms with E-state index >= 15 is 0 Å². The van der Waals surface area contributed by atoms with Crippen LogP contribution in [0.3, 0.4) is 0 Å². The molecule has 0 aliphatic heterocycles. The summed E-state index contributed by atoms with van der Waals surface area (Å²) < 4.78 is 6.95. The number of aromatic nitrogens is 3. The van der Waals surface area contributed by atoms with Crippen LogP contribution in [-0.2, 0) is 6.54 Å². The van der Waals surface area contributed by atoms with E-state index in [1.54, 1.807) is 35.2 Å². The number of rotatable bonds is 4. The van der Waals surface area contributed by atoms with Crippen LogP contribution in [0, 0.1) is 0 Å². The highest BCUT2D eigenvalue weighted by Crippen LogP contribution is 2.12. The van der Waals surface area contributed by atoms with Crippen LogP contribution in [0.2, 0.25) is 0 Å². The summed E-state index contributed by atoms with van der Waals surface area (Å²) in [5.41, 5.74) is 1.38. The summed E-state index contributed by atoms with van der Waals surface area (Å²) in [5, 5.41) is 0.591. The van der Waals surface area contributed by atoms with Gasteiger partial charge in [-0.05, 0) is 48.6 Å². The number of furan rings is 1. The minimum Gasteiger partial charge on any atom is -0.465 e. The van der Waals surface area contributed by atoms with Crippen LogP contribution < -0.4 is 5.56 Å². The number of benzene rings is 1. The molecular weight excluding hydrogens is 314 g/mol. The summed E-state index contributed by atoms with van der Waals surface area (Å²) in [5.74, 6) is 1.26. The molecule has 0 atom stereocenters. The van der Waals surface area contributed by atoms with Crippen LogP contribution in [0.25, 0.3) is 23.1 Å². The molecular formula is C20H15N3O2. The molecule has 5 heteroatoms. The molecule has 0 unspecified atom stereocenters. The average Bonchev–Trinajstić information content (AvgIpc) is 3.17. The van der Waals surface area contributed by atoms with Crippen molar-refractivity contribution in [3.05, 3.63) is 94.7 Å². The minimum absolute atomic E-state index is 0.0876. The first-order chi connectivity index (χ1) is 12.3. The molecule has 3 heterocycles. The Kier molecular flexibility index (Phi) is 3.96. The lowest BCUT2D eigenvalue weighted by atomic mass is 10.2. The van der Waals surface area contributed by atoms with Crippen molar-refractivity contribution >= 4 is 23.1 Å². The molecule has 0 N–H and O–H groups in total. The second-order valence-corrected chi connectivity index (χ2v) is 5.55. The van der Waals surface area contributed by atoms with Gasteiger partial charge in [0.1, 0.15) is 11.6 Å². The van der Waals surface area contributed by atoms with Crippen molar-refractivity contribution in [3.8, 4) is 0 Å². The number of hydrogen-bond donors (Lipinski definition) is 0. The third kappa shape index (κ3) is 3.12. The summed E-state index contributed by atoms with van der Waals surface area (Å²) >= 11 is 0. The Bertz CT molecular complexity index is 1080. The molecule has 0 bridgehead atoms. The smallest absolute Gasteiger partial charge is 0.261 e. The van der Waals surface area contributed by atoms with Gasteiger partial charge in [-0.3, -0.25) is 14.3 Å². The van der Waals surface area contributed by atoms with Gasteiger partial charge in [0.25, 0.3) is 5.56 Å². The Morgan fingerprint density at radius 3 is 2.68 bits per heavy atom. The van der Waals surface area contributed by atoms with Crippen molar-refractivity contribution in [1.82, 2.24) is 14.5 Å². The number of fused-ring (bicyclic) bond motifs is 1. The van der Waals surface area contributed by atoms with Gasteiger partial charge in [0.15, 0.2) is 0 Å². The molecule has 0 aliphatic rings. The highest BCUT2D eigenvalue weighted by atomic mass is 16.3. The molecule has 1 aromatic carbocycles. The van der Waals surface area contributed by atoms with E-state index in [0.29, 0.717) is 29.0 Å². The van der Waals surface area contributed by atoms with Crippen LogP contribution >= 0.6 is 0 Å². The summed E-state index contributed by atoms with van der Waals surface area (Å²) in [6, 6.07) is 16.6.